The number of hydrogen-bond donors (Lipinski definition) is 0. The fourth-order valence-electron chi connectivity index (χ4n) is 2.91. The summed E-state index contributed by atoms with van der Waals surface area (Å²) >= 11 is 0. The van der Waals surface area contributed by atoms with Crippen LogP contribution in [-0.2, 0) is 18.8 Å². The summed E-state index contributed by atoms with van der Waals surface area (Å²) in [6, 6.07) is 13.9. The molecule has 3 rings (SSSR count). The molecule has 0 N–H and O–H groups in total. The van der Waals surface area contributed by atoms with Crippen molar-refractivity contribution in [3.8, 4) is 11.5 Å². The van der Waals surface area contributed by atoms with E-state index in [1.165, 1.54) is 0 Å². The number of carbonyl (C=O) groups is 2. The number of benzene rings is 2. The first-order valence-electron chi connectivity index (χ1n) is 10.6. The Morgan fingerprint density at radius 2 is 1.55 bits per heavy atom. The van der Waals surface area contributed by atoms with Gasteiger partial charge in [-0.3, -0.25) is 4.79 Å². The Labute approximate surface area is 182 Å². The molecule has 0 spiro atoms. The molecule has 2 aromatic rings. The van der Waals surface area contributed by atoms with Gasteiger partial charge >= 0.3 is 19.1 Å². The van der Waals surface area contributed by atoms with E-state index in [9.17, 15) is 9.59 Å². The van der Waals surface area contributed by atoms with Crippen LogP contribution >= 0.6 is 0 Å². The SMILES string of the molecule is CCC(=O)OCCCCOc1ccc(C(=O)Oc2ccc(B3OCCCO3)cc2)cc1. The van der Waals surface area contributed by atoms with Gasteiger partial charge in [-0.05, 0) is 61.1 Å². The van der Waals surface area contributed by atoms with Gasteiger partial charge in [0.25, 0.3) is 0 Å². The molecule has 1 saturated heterocycles. The van der Waals surface area contributed by atoms with Crippen molar-refractivity contribution in [2.45, 2.75) is 32.6 Å². The van der Waals surface area contributed by atoms with Crippen LogP contribution in [0.1, 0.15) is 43.0 Å². The van der Waals surface area contributed by atoms with Gasteiger partial charge in [0.2, 0.25) is 0 Å². The van der Waals surface area contributed by atoms with Gasteiger partial charge in [-0.1, -0.05) is 19.1 Å². The summed E-state index contributed by atoms with van der Waals surface area (Å²) in [5, 5.41) is 0. The van der Waals surface area contributed by atoms with Crippen molar-refractivity contribution in [3.63, 3.8) is 0 Å². The van der Waals surface area contributed by atoms with Gasteiger partial charge in [0.15, 0.2) is 0 Å². The largest absolute Gasteiger partial charge is 0.494 e. The molecule has 2 aromatic carbocycles. The summed E-state index contributed by atoms with van der Waals surface area (Å²) < 4.78 is 27.2. The third-order valence-corrected chi connectivity index (χ3v) is 4.64. The van der Waals surface area contributed by atoms with Gasteiger partial charge in [0.1, 0.15) is 11.5 Å². The molecule has 0 radical (unpaired) electrons. The lowest BCUT2D eigenvalue weighted by molar-refractivity contribution is -0.143. The topological polar surface area (TPSA) is 80.3 Å². The molecule has 0 aliphatic carbocycles. The summed E-state index contributed by atoms with van der Waals surface area (Å²) in [6.07, 6.45) is 2.80. The number of unbranched alkanes of at least 4 members (excludes halogenated alkanes) is 1. The number of carbonyl (C=O) groups excluding carboxylic acids is 2. The molecule has 31 heavy (non-hydrogen) atoms. The number of esters is 2. The molecule has 0 unspecified atom stereocenters. The second-order valence-corrected chi connectivity index (χ2v) is 7.04. The van der Waals surface area contributed by atoms with E-state index in [1.807, 2.05) is 12.1 Å². The lowest BCUT2D eigenvalue weighted by Crippen LogP contribution is -2.40. The summed E-state index contributed by atoms with van der Waals surface area (Å²) in [6.45, 7) is 4.03. The van der Waals surface area contributed by atoms with Crippen molar-refractivity contribution in [2.24, 2.45) is 0 Å². The maximum Gasteiger partial charge on any atom is 0.493 e. The maximum absolute atomic E-state index is 12.4. The summed E-state index contributed by atoms with van der Waals surface area (Å²) in [5.74, 6) is 0.487. The lowest BCUT2D eigenvalue weighted by atomic mass is 9.78. The molecule has 0 atom stereocenters. The average Bonchev–Trinajstić information content (AvgIpc) is 2.82. The van der Waals surface area contributed by atoms with Gasteiger partial charge in [0, 0.05) is 19.6 Å². The molecule has 0 aromatic heterocycles. The van der Waals surface area contributed by atoms with Crippen molar-refractivity contribution < 1.29 is 33.1 Å². The van der Waals surface area contributed by atoms with Crippen LogP contribution in [0.3, 0.4) is 0 Å². The maximum atomic E-state index is 12.4. The van der Waals surface area contributed by atoms with Crippen molar-refractivity contribution in [3.05, 3.63) is 54.1 Å². The second kappa shape index (κ2) is 12.1. The first-order chi connectivity index (χ1) is 15.2. The summed E-state index contributed by atoms with van der Waals surface area (Å²) in [5.41, 5.74) is 1.33. The van der Waals surface area contributed by atoms with Gasteiger partial charge < -0.3 is 23.5 Å². The third-order valence-electron chi connectivity index (χ3n) is 4.64. The number of ether oxygens (including phenoxy) is 3. The van der Waals surface area contributed by atoms with E-state index in [-0.39, 0.29) is 13.1 Å². The zero-order chi connectivity index (χ0) is 21.9. The fourth-order valence-corrected chi connectivity index (χ4v) is 2.91. The molecule has 1 aliphatic heterocycles. The van der Waals surface area contributed by atoms with E-state index in [0.29, 0.717) is 49.9 Å². The molecule has 8 heteroatoms. The highest BCUT2D eigenvalue weighted by atomic mass is 16.6. The standard InChI is InChI=1S/C23H27BO7/c1-2-22(25)28-15-4-3-14-27-20-10-6-18(7-11-20)23(26)31-21-12-8-19(9-13-21)24-29-16-5-17-30-24/h6-13H,2-5,14-17H2,1H3. The van der Waals surface area contributed by atoms with Crippen molar-refractivity contribution >= 4 is 24.5 Å². The van der Waals surface area contributed by atoms with Gasteiger partial charge in [-0.25, -0.2) is 4.79 Å². The Kier molecular flexibility index (Phi) is 8.93. The molecule has 1 aliphatic rings. The van der Waals surface area contributed by atoms with E-state index in [4.69, 9.17) is 23.5 Å². The minimum atomic E-state index is -0.442. The zero-order valence-corrected chi connectivity index (χ0v) is 17.7. The van der Waals surface area contributed by atoms with Crippen LogP contribution in [0.2, 0.25) is 0 Å². The summed E-state index contributed by atoms with van der Waals surface area (Å²) in [4.78, 5) is 23.4. The van der Waals surface area contributed by atoms with Gasteiger partial charge in [-0.2, -0.15) is 0 Å². The Morgan fingerprint density at radius 3 is 2.23 bits per heavy atom. The minimum absolute atomic E-state index is 0.188. The highest BCUT2D eigenvalue weighted by molar-refractivity contribution is 6.61. The highest BCUT2D eigenvalue weighted by Gasteiger charge is 2.24. The first-order valence-corrected chi connectivity index (χ1v) is 10.6. The molecule has 1 heterocycles. The van der Waals surface area contributed by atoms with Crippen LogP contribution in [0.25, 0.3) is 0 Å². The Balaban J connectivity index is 1.41. The Bertz CT molecular complexity index is 830. The van der Waals surface area contributed by atoms with Crippen LogP contribution in [0.4, 0.5) is 0 Å². The van der Waals surface area contributed by atoms with Crippen LogP contribution in [0.15, 0.2) is 48.5 Å². The molecule has 7 nitrogen and oxygen atoms in total. The van der Waals surface area contributed by atoms with Crippen molar-refractivity contribution in [2.75, 3.05) is 26.4 Å². The molecule has 0 amide bonds. The lowest BCUT2D eigenvalue weighted by Gasteiger charge is -2.19. The van der Waals surface area contributed by atoms with Gasteiger partial charge in [-0.15, -0.1) is 0 Å². The molecule has 0 saturated carbocycles. The van der Waals surface area contributed by atoms with Crippen LogP contribution in [-0.4, -0.2) is 45.5 Å². The van der Waals surface area contributed by atoms with Crippen molar-refractivity contribution in [1.82, 2.24) is 0 Å². The Hall–Kier alpha value is -2.84. The summed E-state index contributed by atoms with van der Waals surface area (Å²) in [7, 11) is -0.364. The number of rotatable bonds is 10. The predicted octanol–water partition coefficient (Wildman–Crippen LogP) is 3.15. The second-order valence-electron chi connectivity index (χ2n) is 7.04. The zero-order valence-electron chi connectivity index (χ0n) is 17.7. The van der Waals surface area contributed by atoms with Crippen LogP contribution < -0.4 is 14.9 Å². The first kappa shape index (κ1) is 22.8. The predicted molar refractivity (Wildman–Crippen MR) is 116 cm³/mol. The van der Waals surface area contributed by atoms with Gasteiger partial charge in [0.05, 0.1) is 18.8 Å². The Morgan fingerprint density at radius 1 is 0.903 bits per heavy atom. The van der Waals surface area contributed by atoms with Crippen molar-refractivity contribution in [1.29, 1.82) is 0 Å². The van der Waals surface area contributed by atoms with E-state index in [1.54, 1.807) is 43.3 Å². The molecule has 1 fully saturated rings. The molecule has 164 valence electrons. The minimum Gasteiger partial charge on any atom is -0.494 e. The normalized spacial score (nSPS) is 13.5. The quantitative estimate of drug-likeness (QED) is 0.250. The van der Waals surface area contributed by atoms with E-state index >= 15 is 0 Å². The van der Waals surface area contributed by atoms with Crippen LogP contribution in [0, 0.1) is 0 Å². The van der Waals surface area contributed by atoms with Crippen LogP contribution in [0.5, 0.6) is 11.5 Å². The van der Waals surface area contributed by atoms with E-state index in [2.05, 4.69) is 0 Å². The monoisotopic (exact) mass is 426 g/mol. The molecular formula is C23H27BO7. The third kappa shape index (κ3) is 7.42. The van der Waals surface area contributed by atoms with E-state index < -0.39 is 5.97 Å². The molecule has 0 bridgehead atoms. The average molecular weight is 426 g/mol. The molecular weight excluding hydrogens is 399 g/mol. The fraction of sp³-hybridized carbons (Fsp3) is 0.391. The highest BCUT2D eigenvalue weighted by Crippen LogP contribution is 2.16. The van der Waals surface area contributed by atoms with E-state index in [0.717, 1.165) is 24.7 Å². The number of hydrogen-bond acceptors (Lipinski definition) is 7. The smallest absolute Gasteiger partial charge is 0.493 e.